The van der Waals surface area contributed by atoms with Gasteiger partial charge in [0.15, 0.2) is 0 Å². The van der Waals surface area contributed by atoms with Crippen molar-refractivity contribution in [3.8, 4) is 0 Å². The summed E-state index contributed by atoms with van der Waals surface area (Å²) in [4.78, 5) is 13.6. The van der Waals surface area contributed by atoms with Crippen LogP contribution in [0.2, 0.25) is 0 Å². The zero-order valence-corrected chi connectivity index (χ0v) is 10.9. The van der Waals surface area contributed by atoms with Crippen molar-refractivity contribution in [1.82, 2.24) is 0 Å². The minimum absolute atomic E-state index is 0.215. The first-order chi connectivity index (χ1) is 7.86. The van der Waals surface area contributed by atoms with E-state index >= 15 is 0 Å². The van der Waals surface area contributed by atoms with Crippen molar-refractivity contribution in [1.29, 1.82) is 0 Å². The molecular formula is C13H20N2O2. The summed E-state index contributed by atoms with van der Waals surface area (Å²) >= 11 is 0. The summed E-state index contributed by atoms with van der Waals surface area (Å²) in [7, 11) is 3.34. The average Bonchev–Trinajstić information content (AvgIpc) is 2.27. The molecule has 17 heavy (non-hydrogen) atoms. The Morgan fingerprint density at radius 1 is 1.47 bits per heavy atom. The molecule has 2 N–H and O–H groups in total. The van der Waals surface area contributed by atoms with E-state index in [1.165, 1.54) is 7.11 Å². The Labute approximate surface area is 102 Å². The van der Waals surface area contributed by atoms with E-state index < -0.39 is 5.41 Å². The lowest BCUT2D eigenvalue weighted by Gasteiger charge is -2.29. The first-order valence-electron chi connectivity index (χ1n) is 5.52. The fraction of sp³-hybridized carbons (Fsp3) is 0.462. The second-order valence-corrected chi connectivity index (χ2v) is 4.83. The minimum Gasteiger partial charge on any atom is -0.469 e. The van der Waals surface area contributed by atoms with Crippen LogP contribution in [0.3, 0.4) is 0 Å². The highest BCUT2D eigenvalue weighted by molar-refractivity contribution is 5.76. The molecular weight excluding hydrogens is 216 g/mol. The molecule has 94 valence electrons. The number of anilines is 2. The van der Waals surface area contributed by atoms with Gasteiger partial charge in [-0.1, -0.05) is 6.07 Å². The predicted molar refractivity (Wildman–Crippen MR) is 69.9 cm³/mol. The van der Waals surface area contributed by atoms with E-state index in [0.717, 1.165) is 5.69 Å². The molecule has 0 atom stereocenters. The first-order valence-corrected chi connectivity index (χ1v) is 5.52. The Hall–Kier alpha value is -1.71. The zero-order valence-electron chi connectivity index (χ0n) is 10.9. The third-order valence-electron chi connectivity index (χ3n) is 2.68. The maximum atomic E-state index is 11.6. The number of nitrogens with zero attached hydrogens (tertiary/aromatic N) is 1. The number of benzene rings is 1. The van der Waals surface area contributed by atoms with Gasteiger partial charge in [-0.2, -0.15) is 0 Å². The number of esters is 1. The quantitative estimate of drug-likeness (QED) is 0.641. The Morgan fingerprint density at radius 3 is 2.65 bits per heavy atom. The van der Waals surface area contributed by atoms with Crippen LogP contribution in [0.4, 0.5) is 11.4 Å². The van der Waals surface area contributed by atoms with Crippen molar-refractivity contribution < 1.29 is 9.53 Å². The highest BCUT2D eigenvalue weighted by atomic mass is 16.5. The SMILES string of the molecule is COC(=O)C(C)(C)CN(C)c1cccc(N)c1. The summed E-state index contributed by atoms with van der Waals surface area (Å²) in [5.74, 6) is -0.215. The summed E-state index contributed by atoms with van der Waals surface area (Å²) in [6.07, 6.45) is 0. The van der Waals surface area contributed by atoms with E-state index in [-0.39, 0.29) is 5.97 Å². The fourth-order valence-corrected chi connectivity index (χ4v) is 1.79. The maximum absolute atomic E-state index is 11.6. The van der Waals surface area contributed by atoms with Gasteiger partial charge in [0, 0.05) is 25.0 Å². The third kappa shape index (κ3) is 3.37. The van der Waals surface area contributed by atoms with Crippen LogP contribution in [0, 0.1) is 5.41 Å². The van der Waals surface area contributed by atoms with Crippen LogP contribution < -0.4 is 10.6 Å². The normalized spacial score (nSPS) is 11.1. The van der Waals surface area contributed by atoms with E-state index in [2.05, 4.69) is 0 Å². The van der Waals surface area contributed by atoms with Gasteiger partial charge in [0.2, 0.25) is 0 Å². The van der Waals surface area contributed by atoms with E-state index in [4.69, 9.17) is 10.5 Å². The Balaban J connectivity index is 2.79. The molecule has 0 bridgehead atoms. The first kappa shape index (κ1) is 13.4. The lowest BCUT2D eigenvalue weighted by Crippen LogP contribution is -2.38. The van der Waals surface area contributed by atoms with E-state index in [9.17, 15) is 4.79 Å². The van der Waals surface area contributed by atoms with E-state index in [1.54, 1.807) is 0 Å². The molecule has 1 aromatic carbocycles. The number of ether oxygens (including phenoxy) is 1. The van der Waals surface area contributed by atoms with Gasteiger partial charge in [0.25, 0.3) is 0 Å². The average molecular weight is 236 g/mol. The molecule has 1 rings (SSSR count). The van der Waals surface area contributed by atoms with Gasteiger partial charge in [-0.25, -0.2) is 0 Å². The highest BCUT2D eigenvalue weighted by Gasteiger charge is 2.30. The molecule has 0 aliphatic rings. The lowest BCUT2D eigenvalue weighted by molar-refractivity contribution is -0.150. The van der Waals surface area contributed by atoms with Crippen LogP contribution >= 0.6 is 0 Å². The summed E-state index contributed by atoms with van der Waals surface area (Å²) in [5.41, 5.74) is 6.88. The molecule has 0 saturated carbocycles. The van der Waals surface area contributed by atoms with Gasteiger partial charge in [-0.05, 0) is 32.0 Å². The molecule has 0 fully saturated rings. The number of nitrogens with two attached hydrogens (primary N) is 1. The van der Waals surface area contributed by atoms with Crippen molar-refractivity contribution in [2.75, 3.05) is 31.3 Å². The van der Waals surface area contributed by atoms with Crippen molar-refractivity contribution >= 4 is 17.3 Å². The van der Waals surface area contributed by atoms with Gasteiger partial charge in [0.1, 0.15) is 0 Å². The molecule has 0 aliphatic carbocycles. The van der Waals surface area contributed by atoms with Crippen molar-refractivity contribution in [3.63, 3.8) is 0 Å². The molecule has 0 heterocycles. The van der Waals surface area contributed by atoms with Crippen LogP contribution in [0.5, 0.6) is 0 Å². The monoisotopic (exact) mass is 236 g/mol. The largest absolute Gasteiger partial charge is 0.469 e. The molecule has 4 heteroatoms. The lowest BCUT2D eigenvalue weighted by atomic mass is 9.93. The molecule has 0 aromatic heterocycles. The molecule has 0 aliphatic heterocycles. The van der Waals surface area contributed by atoms with Crippen LogP contribution in [-0.4, -0.2) is 26.7 Å². The Morgan fingerprint density at radius 2 is 2.12 bits per heavy atom. The minimum atomic E-state index is -0.548. The van der Waals surface area contributed by atoms with Gasteiger partial charge in [-0.15, -0.1) is 0 Å². The third-order valence-corrected chi connectivity index (χ3v) is 2.68. The maximum Gasteiger partial charge on any atom is 0.313 e. The molecule has 0 spiro atoms. The fourth-order valence-electron chi connectivity index (χ4n) is 1.79. The molecule has 0 saturated heterocycles. The van der Waals surface area contributed by atoms with E-state index in [1.807, 2.05) is 50.1 Å². The summed E-state index contributed by atoms with van der Waals surface area (Å²) in [6.45, 7) is 4.30. The van der Waals surface area contributed by atoms with Gasteiger partial charge in [0.05, 0.1) is 12.5 Å². The zero-order chi connectivity index (χ0) is 13.1. The number of carbonyl (C=O) groups is 1. The van der Waals surface area contributed by atoms with Crippen LogP contribution in [-0.2, 0) is 9.53 Å². The summed E-state index contributed by atoms with van der Waals surface area (Å²) in [5, 5.41) is 0. The highest BCUT2D eigenvalue weighted by Crippen LogP contribution is 2.23. The number of rotatable bonds is 4. The Bertz CT molecular complexity index is 402. The smallest absolute Gasteiger partial charge is 0.313 e. The van der Waals surface area contributed by atoms with Crippen LogP contribution in [0.1, 0.15) is 13.8 Å². The van der Waals surface area contributed by atoms with E-state index in [0.29, 0.717) is 12.2 Å². The number of hydrogen-bond acceptors (Lipinski definition) is 4. The topological polar surface area (TPSA) is 55.6 Å². The summed E-state index contributed by atoms with van der Waals surface area (Å²) in [6, 6.07) is 7.58. The molecule has 0 amide bonds. The van der Waals surface area contributed by atoms with Crippen molar-refractivity contribution in [2.45, 2.75) is 13.8 Å². The number of methoxy groups -OCH3 is 1. The molecule has 0 unspecified atom stereocenters. The Kier molecular flexibility index (Phi) is 3.99. The molecule has 0 radical (unpaired) electrons. The van der Waals surface area contributed by atoms with Gasteiger partial charge < -0.3 is 15.4 Å². The number of carbonyl (C=O) groups excluding carboxylic acids is 1. The van der Waals surface area contributed by atoms with Gasteiger partial charge in [-0.3, -0.25) is 4.79 Å². The predicted octanol–water partition coefficient (Wildman–Crippen LogP) is 1.90. The number of hydrogen-bond donors (Lipinski definition) is 1. The molecule has 4 nitrogen and oxygen atoms in total. The standard InChI is InChI=1S/C13H20N2O2/c1-13(2,12(16)17-4)9-15(3)11-7-5-6-10(14)8-11/h5-8H,9,14H2,1-4H3. The van der Waals surface area contributed by atoms with Crippen molar-refractivity contribution in [3.05, 3.63) is 24.3 Å². The van der Waals surface area contributed by atoms with Crippen LogP contribution in [0.15, 0.2) is 24.3 Å². The molecule has 1 aromatic rings. The van der Waals surface area contributed by atoms with Crippen molar-refractivity contribution in [2.24, 2.45) is 5.41 Å². The second-order valence-electron chi connectivity index (χ2n) is 4.83. The van der Waals surface area contributed by atoms with Crippen LogP contribution in [0.25, 0.3) is 0 Å². The number of nitrogen functional groups attached to an aromatic ring is 1. The summed E-state index contributed by atoms with van der Waals surface area (Å²) < 4.78 is 4.79. The van der Waals surface area contributed by atoms with Gasteiger partial charge >= 0.3 is 5.97 Å². The second kappa shape index (κ2) is 5.08.